The Bertz CT molecular complexity index is 744. The molecule has 5 heteroatoms. The number of ether oxygens (including phenoxy) is 1. The molecule has 2 aromatic rings. The van der Waals surface area contributed by atoms with Gasteiger partial charge in [0.1, 0.15) is 5.75 Å². The van der Waals surface area contributed by atoms with E-state index in [1.807, 2.05) is 30.3 Å². The summed E-state index contributed by atoms with van der Waals surface area (Å²) in [7, 11) is 0. The molecule has 0 aromatic heterocycles. The van der Waals surface area contributed by atoms with Gasteiger partial charge in [-0.25, -0.2) is 0 Å². The quantitative estimate of drug-likeness (QED) is 0.887. The lowest BCUT2D eigenvalue weighted by molar-refractivity contribution is -0.118. The third kappa shape index (κ3) is 3.56. The first-order valence-corrected chi connectivity index (χ1v) is 8.10. The Hall–Kier alpha value is -2.82. The SMILES string of the molecule is CCCC(NC(=O)c1ccc2c(c1)OCC(=O)N2)c1ccccc1. The second-order valence-electron chi connectivity index (χ2n) is 5.77. The molecule has 0 fully saturated rings. The van der Waals surface area contributed by atoms with Gasteiger partial charge in [0.05, 0.1) is 11.7 Å². The van der Waals surface area contributed by atoms with Gasteiger partial charge in [0, 0.05) is 5.56 Å². The molecule has 2 N–H and O–H groups in total. The first-order valence-electron chi connectivity index (χ1n) is 8.10. The summed E-state index contributed by atoms with van der Waals surface area (Å²) in [5.74, 6) is 0.182. The van der Waals surface area contributed by atoms with Crippen LogP contribution in [0.5, 0.6) is 5.75 Å². The van der Waals surface area contributed by atoms with Crippen molar-refractivity contribution >= 4 is 17.5 Å². The molecule has 0 saturated carbocycles. The Balaban J connectivity index is 1.77. The molecule has 2 amide bonds. The smallest absolute Gasteiger partial charge is 0.262 e. The summed E-state index contributed by atoms with van der Waals surface area (Å²) in [4.78, 5) is 23.9. The average molecular weight is 324 g/mol. The first kappa shape index (κ1) is 16.1. The van der Waals surface area contributed by atoms with Gasteiger partial charge in [-0.1, -0.05) is 43.7 Å². The van der Waals surface area contributed by atoms with Crippen molar-refractivity contribution < 1.29 is 14.3 Å². The van der Waals surface area contributed by atoms with E-state index in [1.54, 1.807) is 18.2 Å². The van der Waals surface area contributed by atoms with Gasteiger partial charge in [-0.05, 0) is 30.2 Å². The summed E-state index contributed by atoms with van der Waals surface area (Å²) in [6, 6.07) is 15.0. The average Bonchev–Trinajstić information content (AvgIpc) is 2.61. The molecule has 1 atom stereocenters. The Morgan fingerprint density at radius 1 is 1.25 bits per heavy atom. The van der Waals surface area contributed by atoms with Crippen molar-refractivity contribution in [1.82, 2.24) is 5.32 Å². The van der Waals surface area contributed by atoms with Crippen molar-refractivity contribution in [1.29, 1.82) is 0 Å². The standard InChI is InChI=1S/C19H20N2O3/c1-2-6-15(13-7-4-3-5-8-13)21-19(23)14-9-10-16-17(11-14)24-12-18(22)20-16/h3-5,7-11,15H,2,6,12H2,1H3,(H,20,22)(H,21,23). The minimum absolute atomic E-state index is 0.0272. The molecule has 1 heterocycles. The highest BCUT2D eigenvalue weighted by molar-refractivity contribution is 5.99. The fraction of sp³-hybridized carbons (Fsp3) is 0.263. The monoisotopic (exact) mass is 324 g/mol. The van der Waals surface area contributed by atoms with E-state index in [0.29, 0.717) is 17.0 Å². The second kappa shape index (κ2) is 7.17. The van der Waals surface area contributed by atoms with Crippen molar-refractivity contribution in [2.75, 3.05) is 11.9 Å². The summed E-state index contributed by atoms with van der Waals surface area (Å²) in [6.07, 6.45) is 1.84. The maximum absolute atomic E-state index is 12.6. The van der Waals surface area contributed by atoms with Crippen molar-refractivity contribution in [3.05, 3.63) is 59.7 Å². The van der Waals surface area contributed by atoms with E-state index in [2.05, 4.69) is 17.6 Å². The number of carbonyl (C=O) groups excluding carboxylic acids is 2. The normalized spacial score (nSPS) is 14.1. The van der Waals surface area contributed by atoms with Gasteiger partial charge < -0.3 is 15.4 Å². The van der Waals surface area contributed by atoms with E-state index in [0.717, 1.165) is 18.4 Å². The number of fused-ring (bicyclic) bond motifs is 1. The van der Waals surface area contributed by atoms with E-state index in [1.165, 1.54) is 0 Å². The number of benzene rings is 2. The van der Waals surface area contributed by atoms with Crippen LogP contribution < -0.4 is 15.4 Å². The minimum Gasteiger partial charge on any atom is -0.482 e. The zero-order chi connectivity index (χ0) is 16.9. The molecule has 24 heavy (non-hydrogen) atoms. The third-order valence-electron chi connectivity index (χ3n) is 3.96. The molecule has 1 unspecified atom stereocenters. The van der Waals surface area contributed by atoms with E-state index >= 15 is 0 Å². The lowest BCUT2D eigenvalue weighted by Crippen LogP contribution is -2.29. The van der Waals surface area contributed by atoms with Crippen LogP contribution in [0, 0.1) is 0 Å². The van der Waals surface area contributed by atoms with Crippen LogP contribution in [0.1, 0.15) is 41.7 Å². The van der Waals surface area contributed by atoms with Crippen LogP contribution >= 0.6 is 0 Å². The second-order valence-corrected chi connectivity index (χ2v) is 5.77. The summed E-state index contributed by atoms with van der Waals surface area (Å²) in [5, 5.41) is 5.80. The van der Waals surface area contributed by atoms with Crippen LogP contribution in [-0.4, -0.2) is 18.4 Å². The fourth-order valence-corrected chi connectivity index (χ4v) is 2.75. The highest BCUT2D eigenvalue weighted by Crippen LogP contribution is 2.29. The molecule has 5 nitrogen and oxygen atoms in total. The number of amides is 2. The van der Waals surface area contributed by atoms with E-state index in [-0.39, 0.29) is 24.5 Å². The summed E-state index contributed by atoms with van der Waals surface area (Å²) >= 11 is 0. The molecule has 0 bridgehead atoms. The largest absolute Gasteiger partial charge is 0.482 e. The van der Waals surface area contributed by atoms with Crippen LogP contribution in [0.25, 0.3) is 0 Å². The van der Waals surface area contributed by atoms with E-state index in [9.17, 15) is 9.59 Å². The topological polar surface area (TPSA) is 67.4 Å². The number of rotatable bonds is 5. The highest BCUT2D eigenvalue weighted by Gasteiger charge is 2.19. The molecule has 1 aliphatic rings. The number of nitrogens with one attached hydrogen (secondary N) is 2. The van der Waals surface area contributed by atoms with Gasteiger partial charge in [0.25, 0.3) is 11.8 Å². The molecule has 0 spiro atoms. The van der Waals surface area contributed by atoms with E-state index < -0.39 is 0 Å². The Kier molecular flexibility index (Phi) is 4.79. The number of hydrogen-bond donors (Lipinski definition) is 2. The molecular formula is C19H20N2O3. The zero-order valence-corrected chi connectivity index (χ0v) is 13.5. The summed E-state index contributed by atoms with van der Waals surface area (Å²) < 4.78 is 5.37. The van der Waals surface area contributed by atoms with Crippen LogP contribution in [0.3, 0.4) is 0 Å². The highest BCUT2D eigenvalue weighted by atomic mass is 16.5. The van der Waals surface area contributed by atoms with Crippen molar-refractivity contribution in [2.45, 2.75) is 25.8 Å². The Morgan fingerprint density at radius 3 is 2.79 bits per heavy atom. The molecular weight excluding hydrogens is 304 g/mol. The van der Waals surface area contributed by atoms with Gasteiger partial charge in [0.15, 0.2) is 6.61 Å². The van der Waals surface area contributed by atoms with Crippen LogP contribution in [-0.2, 0) is 4.79 Å². The maximum Gasteiger partial charge on any atom is 0.262 e. The lowest BCUT2D eigenvalue weighted by atomic mass is 10.0. The number of hydrogen-bond acceptors (Lipinski definition) is 3. The molecule has 0 aliphatic carbocycles. The molecule has 2 aromatic carbocycles. The number of carbonyl (C=O) groups is 2. The Morgan fingerprint density at radius 2 is 2.04 bits per heavy atom. The van der Waals surface area contributed by atoms with Crippen LogP contribution in [0.4, 0.5) is 5.69 Å². The van der Waals surface area contributed by atoms with E-state index in [4.69, 9.17) is 4.74 Å². The van der Waals surface area contributed by atoms with Crippen LogP contribution in [0.15, 0.2) is 48.5 Å². The molecule has 124 valence electrons. The predicted octanol–water partition coefficient (Wildman–Crippen LogP) is 3.29. The molecule has 3 rings (SSSR count). The Labute approximate surface area is 141 Å². The lowest BCUT2D eigenvalue weighted by Gasteiger charge is -2.21. The molecule has 0 radical (unpaired) electrons. The summed E-state index contributed by atoms with van der Waals surface area (Å²) in [5.41, 5.74) is 2.20. The zero-order valence-electron chi connectivity index (χ0n) is 13.5. The molecule has 1 aliphatic heterocycles. The van der Waals surface area contributed by atoms with Crippen LogP contribution in [0.2, 0.25) is 0 Å². The first-order chi connectivity index (χ1) is 11.7. The minimum atomic E-state index is -0.188. The van der Waals surface area contributed by atoms with Gasteiger partial charge in [-0.2, -0.15) is 0 Å². The third-order valence-corrected chi connectivity index (χ3v) is 3.96. The maximum atomic E-state index is 12.6. The molecule has 0 saturated heterocycles. The van der Waals surface area contributed by atoms with Gasteiger partial charge in [-0.15, -0.1) is 0 Å². The van der Waals surface area contributed by atoms with Crippen molar-refractivity contribution in [3.63, 3.8) is 0 Å². The number of anilines is 1. The summed E-state index contributed by atoms with van der Waals surface area (Å²) in [6.45, 7) is 2.07. The fourth-order valence-electron chi connectivity index (χ4n) is 2.75. The van der Waals surface area contributed by atoms with Gasteiger partial charge in [0.2, 0.25) is 0 Å². The predicted molar refractivity (Wildman–Crippen MR) is 92.1 cm³/mol. The van der Waals surface area contributed by atoms with Crippen molar-refractivity contribution in [2.24, 2.45) is 0 Å². The van der Waals surface area contributed by atoms with Gasteiger partial charge >= 0.3 is 0 Å². The van der Waals surface area contributed by atoms with Gasteiger partial charge in [-0.3, -0.25) is 9.59 Å². The van der Waals surface area contributed by atoms with Crippen molar-refractivity contribution in [3.8, 4) is 5.75 Å².